The Labute approximate surface area is 162 Å². The van der Waals surface area contributed by atoms with Gasteiger partial charge in [-0.25, -0.2) is 0 Å². The molecular weight excluding hydrogens is 348 g/mol. The Kier molecular flexibility index (Phi) is 4.11. The minimum atomic E-state index is 0.927. The second-order valence-electron chi connectivity index (χ2n) is 6.60. The molecule has 0 saturated heterocycles. The van der Waals surface area contributed by atoms with Gasteiger partial charge in [-0.05, 0) is 52.8 Å². The lowest BCUT2D eigenvalue weighted by atomic mass is 10.0. The van der Waals surface area contributed by atoms with Crippen molar-refractivity contribution in [1.82, 2.24) is 0 Å². The lowest BCUT2D eigenvalue weighted by Gasteiger charge is -2.03. The van der Waals surface area contributed by atoms with Gasteiger partial charge in [-0.3, -0.25) is 0 Å². The third-order valence-electron chi connectivity index (χ3n) is 4.84. The Bertz CT molecular complexity index is 1190. The van der Waals surface area contributed by atoms with Crippen LogP contribution in [0, 0.1) is 0 Å². The van der Waals surface area contributed by atoms with Gasteiger partial charge in [0.2, 0.25) is 0 Å². The zero-order valence-electron chi connectivity index (χ0n) is 14.8. The van der Waals surface area contributed by atoms with E-state index >= 15 is 0 Å². The van der Waals surface area contributed by atoms with Crippen molar-refractivity contribution in [3.05, 3.63) is 101 Å². The predicted octanol–water partition coefficient (Wildman–Crippen LogP) is 7.73. The quantitative estimate of drug-likeness (QED) is 0.361. The molecule has 0 saturated carbocycles. The summed E-state index contributed by atoms with van der Waals surface area (Å²) >= 11 is 1.77. The van der Waals surface area contributed by atoms with Gasteiger partial charge in [-0.1, -0.05) is 66.8 Å². The van der Waals surface area contributed by atoms with E-state index < -0.39 is 0 Å². The van der Waals surface area contributed by atoms with E-state index in [2.05, 4.69) is 90.4 Å². The van der Waals surface area contributed by atoms with Gasteiger partial charge in [0, 0.05) is 15.8 Å². The molecule has 0 radical (unpaired) electrons. The number of fused-ring (bicyclic) bond motifs is 1. The molecule has 0 atom stereocenters. The van der Waals surface area contributed by atoms with Crippen molar-refractivity contribution < 1.29 is 4.42 Å². The van der Waals surface area contributed by atoms with Crippen molar-refractivity contribution in [3.63, 3.8) is 0 Å². The third-order valence-corrected chi connectivity index (χ3v) is 5.83. The minimum Gasteiger partial charge on any atom is -0.456 e. The molecule has 2 aromatic carbocycles. The fraction of sp³-hybridized carbons (Fsp3) is 0.0400. The van der Waals surface area contributed by atoms with E-state index in [1.165, 1.54) is 27.1 Å². The van der Waals surface area contributed by atoms with Gasteiger partial charge in [-0.15, -0.1) is 11.3 Å². The van der Waals surface area contributed by atoms with Crippen LogP contribution >= 0.6 is 11.3 Å². The molecule has 0 amide bonds. The van der Waals surface area contributed by atoms with Gasteiger partial charge in [0.1, 0.15) is 11.3 Å². The van der Waals surface area contributed by atoms with Crippen LogP contribution in [0.25, 0.3) is 39.0 Å². The molecule has 4 aromatic rings. The number of rotatable bonds is 3. The summed E-state index contributed by atoms with van der Waals surface area (Å²) in [6, 6.07) is 21.2. The second-order valence-corrected chi connectivity index (χ2v) is 7.52. The summed E-state index contributed by atoms with van der Waals surface area (Å²) in [5, 5.41) is 3.28. The Morgan fingerprint density at radius 2 is 1.74 bits per heavy atom. The van der Waals surface area contributed by atoms with Crippen molar-refractivity contribution in [2.75, 3.05) is 0 Å². The standard InChI is InChI=1S/C25H18OS/c1-2-5-11-19(10-4-1)25-22(14-15-27-25)24-17-21-16-20(12-13-23(21)26-24)18-8-6-3-7-9-18/h1-10,12-17H,11H2. The highest BCUT2D eigenvalue weighted by Gasteiger charge is 2.15. The number of allylic oxidation sites excluding steroid dienone is 6. The van der Waals surface area contributed by atoms with E-state index in [4.69, 9.17) is 4.42 Å². The monoisotopic (exact) mass is 366 g/mol. The fourth-order valence-electron chi connectivity index (χ4n) is 3.48. The molecule has 130 valence electrons. The number of hydrogen-bond acceptors (Lipinski definition) is 2. The summed E-state index contributed by atoms with van der Waals surface area (Å²) in [4.78, 5) is 1.29. The van der Waals surface area contributed by atoms with Gasteiger partial charge in [0.05, 0.1) is 0 Å². The molecule has 1 aliphatic rings. The zero-order valence-corrected chi connectivity index (χ0v) is 15.6. The van der Waals surface area contributed by atoms with Crippen LogP contribution in [0.15, 0.2) is 101 Å². The molecule has 1 aliphatic carbocycles. The highest BCUT2D eigenvalue weighted by molar-refractivity contribution is 7.11. The zero-order chi connectivity index (χ0) is 18.1. The van der Waals surface area contributed by atoms with E-state index in [-0.39, 0.29) is 0 Å². The maximum absolute atomic E-state index is 6.21. The lowest BCUT2D eigenvalue weighted by molar-refractivity contribution is 0.632. The largest absolute Gasteiger partial charge is 0.456 e. The first-order valence-electron chi connectivity index (χ1n) is 9.08. The molecule has 0 fully saturated rings. The summed E-state index contributed by atoms with van der Waals surface area (Å²) < 4.78 is 6.21. The van der Waals surface area contributed by atoms with Crippen LogP contribution in [0.1, 0.15) is 11.3 Å². The molecule has 2 heterocycles. The Hall–Kier alpha value is -3.10. The van der Waals surface area contributed by atoms with E-state index in [0.717, 1.165) is 23.2 Å². The molecular formula is C25H18OS. The van der Waals surface area contributed by atoms with Crippen molar-refractivity contribution >= 4 is 27.9 Å². The summed E-state index contributed by atoms with van der Waals surface area (Å²) in [6.45, 7) is 0. The Morgan fingerprint density at radius 3 is 2.67 bits per heavy atom. The fourth-order valence-corrected chi connectivity index (χ4v) is 4.42. The number of hydrogen-bond donors (Lipinski definition) is 0. The van der Waals surface area contributed by atoms with E-state index in [9.17, 15) is 0 Å². The molecule has 0 spiro atoms. The van der Waals surface area contributed by atoms with Crippen molar-refractivity contribution in [2.45, 2.75) is 6.42 Å². The first-order chi connectivity index (χ1) is 13.4. The lowest BCUT2D eigenvalue weighted by Crippen LogP contribution is -1.81. The van der Waals surface area contributed by atoms with Crippen molar-refractivity contribution in [3.8, 4) is 22.5 Å². The van der Waals surface area contributed by atoms with Crippen molar-refractivity contribution in [2.24, 2.45) is 0 Å². The van der Waals surface area contributed by atoms with Gasteiger partial charge in [0.15, 0.2) is 0 Å². The van der Waals surface area contributed by atoms with Crippen LogP contribution in [0.3, 0.4) is 0 Å². The normalized spacial score (nSPS) is 13.7. The Morgan fingerprint density at radius 1 is 0.815 bits per heavy atom. The van der Waals surface area contributed by atoms with Gasteiger partial charge < -0.3 is 4.42 Å². The summed E-state index contributed by atoms with van der Waals surface area (Å²) in [5.74, 6) is 0.935. The minimum absolute atomic E-state index is 0.927. The van der Waals surface area contributed by atoms with Crippen LogP contribution in [-0.2, 0) is 0 Å². The first kappa shape index (κ1) is 16.1. The maximum atomic E-state index is 6.21. The Balaban J connectivity index is 1.57. The number of benzene rings is 2. The predicted molar refractivity (Wildman–Crippen MR) is 116 cm³/mol. The average molecular weight is 366 g/mol. The highest BCUT2D eigenvalue weighted by Crippen LogP contribution is 2.39. The van der Waals surface area contributed by atoms with Gasteiger partial charge in [-0.2, -0.15) is 0 Å². The molecule has 2 aromatic heterocycles. The number of furan rings is 1. The highest BCUT2D eigenvalue weighted by atomic mass is 32.1. The molecule has 0 N–H and O–H groups in total. The SMILES string of the molecule is C1=CC=C(c2sccc2-c2cc3cc(-c4ccccc4)ccc3o2)CC=C1. The van der Waals surface area contributed by atoms with Gasteiger partial charge in [0.25, 0.3) is 0 Å². The number of thiophene rings is 1. The summed E-state index contributed by atoms with van der Waals surface area (Å²) in [7, 11) is 0. The molecule has 1 nitrogen and oxygen atoms in total. The van der Waals surface area contributed by atoms with Crippen LogP contribution in [0.5, 0.6) is 0 Å². The molecule has 0 aliphatic heterocycles. The molecule has 0 bridgehead atoms. The molecule has 2 heteroatoms. The first-order valence-corrected chi connectivity index (χ1v) is 9.96. The molecule has 27 heavy (non-hydrogen) atoms. The van der Waals surface area contributed by atoms with E-state index in [0.29, 0.717) is 0 Å². The average Bonchev–Trinajstić information content (AvgIpc) is 3.28. The van der Waals surface area contributed by atoms with Crippen molar-refractivity contribution in [1.29, 1.82) is 0 Å². The summed E-state index contributed by atoms with van der Waals surface area (Å²) in [5.41, 5.74) is 5.86. The van der Waals surface area contributed by atoms with Crippen LogP contribution < -0.4 is 0 Å². The van der Waals surface area contributed by atoms with Crippen LogP contribution in [0.4, 0.5) is 0 Å². The van der Waals surface area contributed by atoms with Crippen LogP contribution in [0.2, 0.25) is 0 Å². The third kappa shape index (κ3) is 3.09. The molecule has 0 unspecified atom stereocenters. The van der Waals surface area contributed by atoms with Gasteiger partial charge >= 0.3 is 0 Å². The van der Waals surface area contributed by atoms with Crippen LogP contribution in [-0.4, -0.2) is 0 Å². The van der Waals surface area contributed by atoms with E-state index in [1.807, 2.05) is 6.07 Å². The molecule has 5 rings (SSSR count). The maximum Gasteiger partial charge on any atom is 0.136 e. The van der Waals surface area contributed by atoms with E-state index in [1.54, 1.807) is 11.3 Å². The second kappa shape index (κ2) is 6.90. The smallest absolute Gasteiger partial charge is 0.136 e. The summed E-state index contributed by atoms with van der Waals surface area (Å²) in [6.07, 6.45) is 11.6. The topological polar surface area (TPSA) is 13.1 Å².